The Balaban J connectivity index is 2.83. The Morgan fingerprint density at radius 3 is 2.83 bits per heavy atom. The summed E-state index contributed by atoms with van der Waals surface area (Å²) in [4.78, 5) is 14.5. The zero-order valence-corrected chi connectivity index (χ0v) is 10.9. The zero-order chi connectivity index (χ0) is 13.5. The number of anilines is 1. The first-order valence-electron chi connectivity index (χ1n) is 6.00. The quantitative estimate of drug-likeness (QED) is 0.596. The molecule has 0 spiro atoms. The maximum Gasteiger partial charge on any atom is 0.311 e. The molecule has 0 aliphatic carbocycles. The van der Waals surface area contributed by atoms with Crippen molar-refractivity contribution in [3.63, 3.8) is 0 Å². The predicted octanol–water partition coefficient (Wildman–Crippen LogP) is 2.46. The molecule has 0 aliphatic rings. The highest BCUT2D eigenvalue weighted by Crippen LogP contribution is 2.22. The van der Waals surface area contributed by atoms with Gasteiger partial charge in [0.25, 0.3) is 0 Å². The second-order valence-electron chi connectivity index (χ2n) is 4.28. The van der Waals surface area contributed by atoms with E-state index in [1.165, 1.54) is 12.3 Å². The lowest BCUT2D eigenvalue weighted by Gasteiger charge is -2.22. The number of ether oxygens (including phenoxy) is 1. The predicted molar refractivity (Wildman–Crippen MR) is 69.6 cm³/mol. The van der Waals surface area contributed by atoms with E-state index in [2.05, 4.69) is 10.3 Å². The summed E-state index contributed by atoms with van der Waals surface area (Å²) in [6.45, 7) is 7.11. The molecule has 0 fully saturated rings. The number of hydrogen-bond donors (Lipinski definition) is 1. The minimum Gasteiger partial charge on any atom is -0.380 e. The molecule has 1 atom stereocenters. The van der Waals surface area contributed by atoms with Crippen molar-refractivity contribution in [3.05, 3.63) is 28.4 Å². The third-order valence-corrected chi connectivity index (χ3v) is 2.61. The number of pyridine rings is 1. The molecule has 0 aliphatic heterocycles. The molecule has 100 valence electrons. The lowest BCUT2D eigenvalue weighted by Crippen LogP contribution is -2.31. The molecule has 1 heterocycles. The van der Waals surface area contributed by atoms with Gasteiger partial charge in [0.2, 0.25) is 5.82 Å². The molecular formula is C12H19N3O3. The van der Waals surface area contributed by atoms with Crippen LogP contribution >= 0.6 is 0 Å². The van der Waals surface area contributed by atoms with Gasteiger partial charge in [-0.1, -0.05) is 13.8 Å². The average Bonchev–Trinajstić information content (AvgIpc) is 2.34. The van der Waals surface area contributed by atoms with E-state index in [1.807, 2.05) is 20.8 Å². The summed E-state index contributed by atoms with van der Waals surface area (Å²) in [5.74, 6) is 0.582. The van der Waals surface area contributed by atoms with Gasteiger partial charge in [0.15, 0.2) is 0 Å². The Bertz CT molecular complexity index is 396. The van der Waals surface area contributed by atoms with Gasteiger partial charge in [-0.05, 0) is 18.9 Å². The summed E-state index contributed by atoms with van der Waals surface area (Å²) >= 11 is 0. The Morgan fingerprint density at radius 1 is 1.56 bits per heavy atom. The van der Waals surface area contributed by atoms with Crippen LogP contribution in [0.4, 0.5) is 11.5 Å². The van der Waals surface area contributed by atoms with Crippen molar-refractivity contribution in [3.8, 4) is 0 Å². The van der Waals surface area contributed by atoms with Crippen LogP contribution in [0.5, 0.6) is 0 Å². The molecule has 0 radical (unpaired) electrons. The molecule has 0 bridgehead atoms. The van der Waals surface area contributed by atoms with Crippen molar-refractivity contribution in [1.29, 1.82) is 0 Å². The normalized spacial score (nSPS) is 12.4. The summed E-state index contributed by atoms with van der Waals surface area (Å²) in [6.07, 6.45) is 1.54. The first-order valence-corrected chi connectivity index (χ1v) is 6.00. The Labute approximate surface area is 107 Å². The minimum absolute atomic E-state index is 0.00134. The van der Waals surface area contributed by atoms with Crippen molar-refractivity contribution in [1.82, 2.24) is 4.98 Å². The lowest BCUT2D eigenvalue weighted by molar-refractivity contribution is -0.384. The van der Waals surface area contributed by atoms with E-state index in [1.54, 1.807) is 6.07 Å². The summed E-state index contributed by atoms with van der Waals surface area (Å²) in [6, 6.07) is 2.99. The van der Waals surface area contributed by atoms with Gasteiger partial charge in [-0.2, -0.15) is 0 Å². The van der Waals surface area contributed by atoms with Crippen LogP contribution in [-0.4, -0.2) is 29.2 Å². The minimum atomic E-state index is -0.437. The molecule has 6 heteroatoms. The highest BCUT2D eigenvalue weighted by Gasteiger charge is 2.20. The van der Waals surface area contributed by atoms with Gasteiger partial charge in [-0.25, -0.2) is 4.98 Å². The monoisotopic (exact) mass is 253 g/mol. The van der Waals surface area contributed by atoms with E-state index in [-0.39, 0.29) is 17.6 Å². The first-order chi connectivity index (χ1) is 8.56. The molecule has 0 aromatic carbocycles. The number of hydrogen-bond acceptors (Lipinski definition) is 5. The van der Waals surface area contributed by atoms with Crippen LogP contribution in [0.2, 0.25) is 0 Å². The van der Waals surface area contributed by atoms with Gasteiger partial charge < -0.3 is 10.1 Å². The molecular weight excluding hydrogens is 234 g/mol. The van der Waals surface area contributed by atoms with Gasteiger partial charge in [-0.15, -0.1) is 0 Å². The van der Waals surface area contributed by atoms with Gasteiger partial charge in [0.05, 0.1) is 17.6 Å². The third-order valence-electron chi connectivity index (χ3n) is 2.61. The van der Waals surface area contributed by atoms with Crippen LogP contribution in [0.1, 0.15) is 20.8 Å². The van der Waals surface area contributed by atoms with E-state index >= 15 is 0 Å². The summed E-state index contributed by atoms with van der Waals surface area (Å²) < 4.78 is 5.37. The van der Waals surface area contributed by atoms with Crippen LogP contribution in [0, 0.1) is 16.0 Å². The van der Waals surface area contributed by atoms with Crippen LogP contribution in [0.3, 0.4) is 0 Å². The molecule has 1 aromatic rings. The number of nitrogens with one attached hydrogen (secondary N) is 1. The second kappa shape index (κ2) is 6.90. The summed E-state index contributed by atoms with van der Waals surface area (Å²) in [7, 11) is 0. The number of nitrogens with zero attached hydrogens (tertiary/aromatic N) is 2. The van der Waals surface area contributed by atoms with Crippen LogP contribution < -0.4 is 5.32 Å². The van der Waals surface area contributed by atoms with E-state index in [9.17, 15) is 10.1 Å². The fraction of sp³-hybridized carbons (Fsp3) is 0.583. The SMILES string of the molecule is CCOCC(Nc1ncccc1[N+](=O)[O-])C(C)C. The smallest absolute Gasteiger partial charge is 0.311 e. The lowest BCUT2D eigenvalue weighted by atomic mass is 10.1. The fourth-order valence-corrected chi connectivity index (χ4v) is 1.48. The van der Waals surface area contributed by atoms with E-state index in [0.717, 1.165) is 0 Å². The van der Waals surface area contributed by atoms with Crippen molar-refractivity contribution in [2.75, 3.05) is 18.5 Å². The van der Waals surface area contributed by atoms with Crippen LogP contribution in [0.25, 0.3) is 0 Å². The van der Waals surface area contributed by atoms with Gasteiger partial charge in [0.1, 0.15) is 0 Å². The average molecular weight is 253 g/mol. The molecule has 0 saturated carbocycles. The van der Waals surface area contributed by atoms with Crippen LogP contribution in [-0.2, 0) is 4.74 Å². The molecule has 1 N–H and O–H groups in total. The topological polar surface area (TPSA) is 77.3 Å². The molecule has 1 rings (SSSR count). The fourth-order valence-electron chi connectivity index (χ4n) is 1.48. The van der Waals surface area contributed by atoms with Crippen molar-refractivity contribution < 1.29 is 9.66 Å². The molecule has 1 aromatic heterocycles. The maximum atomic E-state index is 10.9. The highest BCUT2D eigenvalue weighted by molar-refractivity contribution is 5.55. The molecule has 0 saturated heterocycles. The Hall–Kier alpha value is -1.69. The standard InChI is InChI=1S/C12H19N3O3/c1-4-18-8-10(9(2)3)14-12-11(15(16)17)6-5-7-13-12/h5-7,9-10H,4,8H2,1-3H3,(H,13,14). The van der Waals surface area contributed by atoms with Gasteiger partial charge in [0, 0.05) is 18.9 Å². The zero-order valence-electron chi connectivity index (χ0n) is 10.9. The largest absolute Gasteiger partial charge is 0.380 e. The summed E-state index contributed by atoms with van der Waals surface area (Å²) in [5.41, 5.74) is -0.0142. The molecule has 1 unspecified atom stereocenters. The molecule has 18 heavy (non-hydrogen) atoms. The van der Waals surface area contributed by atoms with Crippen molar-refractivity contribution in [2.45, 2.75) is 26.8 Å². The summed E-state index contributed by atoms with van der Waals surface area (Å²) in [5, 5.41) is 14.0. The number of nitro groups is 1. The van der Waals surface area contributed by atoms with E-state index < -0.39 is 4.92 Å². The number of aromatic nitrogens is 1. The van der Waals surface area contributed by atoms with Gasteiger partial charge in [-0.3, -0.25) is 10.1 Å². The van der Waals surface area contributed by atoms with Crippen molar-refractivity contribution >= 4 is 11.5 Å². The highest BCUT2D eigenvalue weighted by atomic mass is 16.6. The van der Waals surface area contributed by atoms with Crippen molar-refractivity contribution in [2.24, 2.45) is 5.92 Å². The number of rotatable bonds is 7. The second-order valence-corrected chi connectivity index (χ2v) is 4.28. The molecule has 6 nitrogen and oxygen atoms in total. The maximum absolute atomic E-state index is 10.9. The van der Waals surface area contributed by atoms with E-state index in [4.69, 9.17) is 4.74 Å². The Morgan fingerprint density at radius 2 is 2.28 bits per heavy atom. The molecule has 0 amide bonds. The third kappa shape index (κ3) is 3.96. The Kier molecular flexibility index (Phi) is 5.51. The van der Waals surface area contributed by atoms with E-state index in [0.29, 0.717) is 19.0 Å². The van der Waals surface area contributed by atoms with Gasteiger partial charge >= 0.3 is 5.69 Å². The van der Waals surface area contributed by atoms with Crippen LogP contribution in [0.15, 0.2) is 18.3 Å². The first kappa shape index (κ1) is 14.4.